The molecule has 8 heteroatoms. The molecule has 0 saturated carbocycles. The van der Waals surface area contributed by atoms with Crippen LogP contribution in [0.3, 0.4) is 0 Å². The molecule has 0 heterocycles. The molecule has 8 heavy (non-hydrogen) atoms. The number of halogens is 3. The van der Waals surface area contributed by atoms with Crippen molar-refractivity contribution in [1.82, 2.24) is 0 Å². The van der Waals surface area contributed by atoms with Crippen LogP contribution in [0.25, 0.3) is 0 Å². The molecule has 48 valence electrons. The fourth-order valence-corrected chi connectivity index (χ4v) is 0. The van der Waals surface area contributed by atoms with Gasteiger partial charge >= 0.3 is 34.7 Å². The molecule has 0 aromatic heterocycles. The van der Waals surface area contributed by atoms with Crippen molar-refractivity contribution in [1.29, 1.82) is 0 Å². The zero-order chi connectivity index (χ0) is 0. The van der Waals surface area contributed by atoms with Crippen LogP contribution in [-0.2, 0) is 0 Å². The predicted molar refractivity (Wildman–Crippen MR) is 17.3 cm³/mol. The Kier molecular flexibility index (Phi) is 4730. The Morgan fingerprint density at radius 3 is 0.375 bits per heavy atom. The van der Waals surface area contributed by atoms with Crippen molar-refractivity contribution in [2.75, 3.05) is 0 Å². The first-order valence-corrected chi connectivity index (χ1v) is 0. The van der Waals surface area contributed by atoms with E-state index in [0.29, 0.717) is 0 Å². The van der Waals surface area contributed by atoms with Crippen LogP contribution in [0.1, 0.15) is 0 Å². The molecule has 0 aliphatic heterocycles. The fourth-order valence-electron chi connectivity index (χ4n) is 0. The van der Waals surface area contributed by atoms with Crippen LogP contribution in [0.5, 0.6) is 0 Å². The second kappa shape index (κ2) is 163. The van der Waals surface area contributed by atoms with E-state index in [-0.39, 0.29) is 88.4 Å². The fraction of sp³-hybridized carbons (Fsp3) is 0. The average molecular weight is 211 g/mol. The summed E-state index contributed by atoms with van der Waals surface area (Å²) in [4.78, 5) is 0. The molecule has 0 aliphatic rings. The topological polar surface area (TPSA) is 90.0 Å². The zero-order valence-electron chi connectivity index (χ0n) is 3.63. The standard InChI is InChI=1S/2Al.3ClH.3H2O/h;;3*1H;3*1H2/q2*+3;;;;;;/p-6. The minimum atomic E-state index is 0. The van der Waals surface area contributed by atoms with Gasteiger partial charge in [-0.2, -0.15) is 0 Å². The van der Waals surface area contributed by atoms with Crippen molar-refractivity contribution in [3.63, 3.8) is 0 Å². The Balaban J connectivity index is 0. The van der Waals surface area contributed by atoms with E-state index >= 15 is 0 Å². The molecule has 0 amide bonds. The van der Waals surface area contributed by atoms with Crippen LogP contribution in [0, 0.1) is 0 Å². The summed E-state index contributed by atoms with van der Waals surface area (Å²) in [7, 11) is 0. The molecule has 0 fully saturated rings. The van der Waals surface area contributed by atoms with Crippen LogP contribution in [0.4, 0.5) is 0 Å². The minimum Gasteiger partial charge on any atom is -1.00 e. The van der Waals surface area contributed by atoms with E-state index in [4.69, 9.17) is 0 Å². The Bertz CT molecular complexity index is 12.5. The molecule has 3 nitrogen and oxygen atoms in total. The van der Waals surface area contributed by atoms with E-state index in [2.05, 4.69) is 0 Å². The third-order valence-corrected chi connectivity index (χ3v) is 0. The smallest absolute Gasteiger partial charge is 1.00 e. The first kappa shape index (κ1) is 232. The first-order valence-electron chi connectivity index (χ1n) is 0. The second-order valence-corrected chi connectivity index (χ2v) is 0. The molecule has 0 unspecified atom stereocenters. The maximum atomic E-state index is 0. The van der Waals surface area contributed by atoms with Gasteiger partial charge in [-0.1, -0.05) is 0 Å². The number of rotatable bonds is 0. The molecule has 0 aliphatic carbocycles. The van der Waals surface area contributed by atoms with Crippen LogP contribution < -0.4 is 37.2 Å². The van der Waals surface area contributed by atoms with Gasteiger partial charge in [0.1, 0.15) is 0 Å². The second-order valence-electron chi connectivity index (χ2n) is 0. The van der Waals surface area contributed by atoms with E-state index < -0.39 is 0 Å². The largest absolute Gasteiger partial charge is 3.00 e. The summed E-state index contributed by atoms with van der Waals surface area (Å²) in [5.74, 6) is 0. The van der Waals surface area contributed by atoms with Crippen molar-refractivity contribution < 1.29 is 53.6 Å². The van der Waals surface area contributed by atoms with Crippen LogP contribution in [-0.4, -0.2) is 51.2 Å². The molecule has 0 atom stereocenters. The summed E-state index contributed by atoms with van der Waals surface area (Å²) < 4.78 is 0. The molecule has 0 saturated heterocycles. The molecular formula is H3Al2Cl3O3. The predicted octanol–water partition coefficient (Wildman–Crippen LogP) is -10.3. The molecular weight excluding hydrogens is 208 g/mol. The molecule has 0 aromatic carbocycles. The van der Waals surface area contributed by atoms with E-state index in [9.17, 15) is 0 Å². The van der Waals surface area contributed by atoms with E-state index in [1.807, 2.05) is 0 Å². The van der Waals surface area contributed by atoms with Gasteiger partial charge in [0, 0.05) is 0 Å². The summed E-state index contributed by atoms with van der Waals surface area (Å²) in [6.07, 6.45) is 0. The van der Waals surface area contributed by atoms with Gasteiger partial charge in [0.15, 0.2) is 0 Å². The van der Waals surface area contributed by atoms with Crippen molar-refractivity contribution in [3.8, 4) is 0 Å². The third kappa shape index (κ3) is 110. The SMILES string of the molecule is [Al+3].[Al+3].[Cl-].[Cl-].[Cl-].[OH-].[OH-].[OH-]. The van der Waals surface area contributed by atoms with Gasteiger partial charge in [-0.25, -0.2) is 0 Å². The molecule has 0 spiro atoms. The Labute approximate surface area is 88.0 Å². The quantitative estimate of drug-likeness (QED) is 0.373. The number of hydrogen-bond acceptors (Lipinski definition) is 3. The Morgan fingerprint density at radius 2 is 0.375 bits per heavy atom. The van der Waals surface area contributed by atoms with Crippen LogP contribution in [0.2, 0.25) is 0 Å². The first-order chi connectivity index (χ1) is 0. The van der Waals surface area contributed by atoms with E-state index in [0.717, 1.165) is 0 Å². The maximum absolute atomic E-state index is 0. The van der Waals surface area contributed by atoms with Gasteiger partial charge in [0.05, 0.1) is 0 Å². The van der Waals surface area contributed by atoms with E-state index in [1.54, 1.807) is 0 Å². The van der Waals surface area contributed by atoms with Crippen LogP contribution in [0.15, 0.2) is 0 Å². The maximum Gasteiger partial charge on any atom is 3.00 e. The third-order valence-electron chi connectivity index (χ3n) is 0. The monoisotopic (exact) mass is 210 g/mol. The molecule has 0 radical (unpaired) electrons. The Morgan fingerprint density at radius 1 is 0.375 bits per heavy atom. The van der Waals surface area contributed by atoms with Gasteiger partial charge < -0.3 is 53.6 Å². The average Bonchev–Trinajstić information content (AvgIpc) is 0. The summed E-state index contributed by atoms with van der Waals surface area (Å²) in [6.45, 7) is 0. The summed E-state index contributed by atoms with van der Waals surface area (Å²) in [5.41, 5.74) is 0. The van der Waals surface area contributed by atoms with Crippen molar-refractivity contribution in [3.05, 3.63) is 0 Å². The van der Waals surface area contributed by atoms with E-state index in [1.165, 1.54) is 0 Å². The zero-order valence-corrected chi connectivity index (χ0v) is 8.21. The van der Waals surface area contributed by atoms with Gasteiger partial charge in [0.2, 0.25) is 0 Å². The van der Waals surface area contributed by atoms with Crippen molar-refractivity contribution in [2.24, 2.45) is 0 Å². The summed E-state index contributed by atoms with van der Waals surface area (Å²) in [5, 5.41) is 0. The number of hydrogen-bond donors (Lipinski definition) is 0. The van der Waals surface area contributed by atoms with Crippen molar-refractivity contribution >= 4 is 34.7 Å². The normalized spacial score (nSPS) is 0. The minimum absolute atomic E-state index is 0. The molecule has 0 bridgehead atoms. The summed E-state index contributed by atoms with van der Waals surface area (Å²) in [6, 6.07) is 0. The van der Waals surface area contributed by atoms with Gasteiger partial charge in [-0.3, -0.25) is 0 Å². The van der Waals surface area contributed by atoms with Crippen molar-refractivity contribution in [2.45, 2.75) is 0 Å². The summed E-state index contributed by atoms with van der Waals surface area (Å²) >= 11 is 0. The Hall–Kier alpha value is 1.81. The van der Waals surface area contributed by atoms with Gasteiger partial charge in [-0.05, 0) is 0 Å². The molecule has 0 rings (SSSR count). The molecule has 3 N–H and O–H groups in total. The van der Waals surface area contributed by atoms with Crippen LogP contribution >= 0.6 is 0 Å². The van der Waals surface area contributed by atoms with Gasteiger partial charge in [0.25, 0.3) is 0 Å². The molecule has 0 aromatic rings. The van der Waals surface area contributed by atoms with Gasteiger partial charge in [-0.15, -0.1) is 0 Å².